The van der Waals surface area contributed by atoms with E-state index in [2.05, 4.69) is 42.5 Å². The number of hydrogen-bond acceptors (Lipinski definition) is 0. The van der Waals surface area contributed by atoms with Crippen molar-refractivity contribution in [1.29, 1.82) is 0 Å². The molecule has 0 aromatic heterocycles. The molecule has 0 heterocycles. The zero-order chi connectivity index (χ0) is 11.7. The molecule has 1 heteroatoms. The van der Waals surface area contributed by atoms with Gasteiger partial charge in [0.05, 0.1) is 0 Å². The van der Waals surface area contributed by atoms with E-state index in [4.69, 9.17) is 11.6 Å². The first kappa shape index (κ1) is 10.6. The van der Waals surface area contributed by atoms with Crippen molar-refractivity contribution < 1.29 is 0 Å². The second kappa shape index (κ2) is 4.38. The molecule has 2 aliphatic carbocycles. The first-order valence-corrected chi connectivity index (χ1v) is 6.25. The third kappa shape index (κ3) is 2.01. The number of rotatable bonds is 2. The molecule has 84 valence electrons. The number of allylic oxidation sites excluding steroid dienone is 8. The Kier molecular flexibility index (Phi) is 2.74. The zero-order valence-electron chi connectivity index (χ0n) is 9.49. The third-order valence-electron chi connectivity index (χ3n) is 3.21. The molecule has 0 spiro atoms. The summed E-state index contributed by atoms with van der Waals surface area (Å²) < 4.78 is 0. The van der Waals surface area contributed by atoms with Crippen molar-refractivity contribution in [3.63, 3.8) is 0 Å². The molecule has 2 aliphatic rings. The maximum absolute atomic E-state index is 5.93. The highest BCUT2D eigenvalue weighted by molar-refractivity contribution is 6.30. The fourth-order valence-electron chi connectivity index (χ4n) is 2.36. The second-order valence-corrected chi connectivity index (χ2v) is 4.74. The molecule has 0 bridgehead atoms. The quantitative estimate of drug-likeness (QED) is 0.687. The summed E-state index contributed by atoms with van der Waals surface area (Å²) in [6.07, 6.45) is 13.3. The number of halogens is 1. The van der Waals surface area contributed by atoms with Gasteiger partial charge in [0, 0.05) is 5.02 Å². The summed E-state index contributed by atoms with van der Waals surface area (Å²) in [4.78, 5) is 0. The zero-order valence-corrected chi connectivity index (χ0v) is 10.2. The van der Waals surface area contributed by atoms with Gasteiger partial charge in [-0.1, -0.05) is 54.1 Å². The summed E-state index contributed by atoms with van der Waals surface area (Å²) in [5.74, 6) is 0. The molecule has 1 aromatic rings. The van der Waals surface area contributed by atoms with Crippen molar-refractivity contribution in [3.8, 4) is 0 Å². The van der Waals surface area contributed by atoms with Gasteiger partial charge in [-0.25, -0.2) is 0 Å². The fraction of sp³-hybridized carbons (Fsp3) is 0.125. The SMILES string of the molecule is Clc1ccc(C2=C(C3=CCC=C3)CC=C2)cc1. The highest BCUT2D eigenvalue weighted by Crippen LogP contribution is 2.35. The van der Waals surface area contributed by atoms with E-state index < -0.39 is 0 Å². The summed E-state index contributed by atoms with van der Waals surface area (Å²) in [5, 5.41) is 0.790. The first-order valence-electron chi connectivity index (χ1n) is 5.87. The maximum atomic E-state index is 5.93. The Morgan fingerprint density at radius 3 is 2.47 bits per heavy atom. The minimum absolute atomic E-state index is 0.790. The van der Waals surface area contributed by atoms with Gasteiger partial charge in [-0.05, 0) is 47.3 Å². The lowest BCUT2D eigenvalue weighted by Crippen LogP contribution is -1.87. The van der Waals surface area contributed by atoms with Gasteiger partial charge in [0.15, 0.2) is 0 Å². The van der Waals surface area contributed by atoms with Gasteiger partial charge in [0.1, 0.15) is 0 Å². The van der Waals surface area contributed by atoms with E-state index in [0.717, 1.165) is 17.9 Å². The minimum Gasteiger partial charge on any atom is -0.0843 e. The van der Waals surface area contributed by atoms with Crippen LogP contribution in [0.5, 0.6) is 0 Å². The third-order valence-corrected chi connectivity index (χ3v) is 3.46. The largest absolute Gasteiger partial charge is 0.0843 e. The van der Waals surface area contributed by atoms with Gasteiger partial charge < -0.3 is 0 Å². The van der Waals surface area contributed by atoms with Crippen molar-refractivity contribution in [3.05, 3.63) is 76.4 Å². The summed E-state index contributed by atoms with van der Waals surface area (Å²) in [7, 11) is 0. The molecule has 0 N–H and O–H groups in total. The van der Waals surface area contributed by atoms with Gasteiger partial charge in [0.25, 0.3) is 0 Å². The van der Waals surface area contributed by atoms with Gasteiger partial charge in [-0.3, -0.25) is 0 Å². The monoisotopic (exact) mass is 240 g/mol. The van der Waals surface area contributed by atoms with Crippen LogP contribution in [0.25, 0.3) is 5.57 Å². The fourth-order valence-corrected chi connectivity index (χ4v) is 2.49. The van der Waals surface area contributed by atoms with Crippen molar-refractivity contribution >= 4 is 17.2 Å². The highest BCUT2D eigenvalue weighted by atomic mass is 35.5. The van der Waals surface area contributed by atoms with E-state index in [1.807, 2.05) is 12.1 Å². The second-order valence-electron chi connectivity index (χ2n) is 4.30. The van der Waals surface area contributed by atoms with Gasteiger partial charge in [-0.2, -0.15) is 0 Å². The number of benzene rings is 1. The lowest BCUT2D eigenvalue weighted by atomic mass is 9.97. The lowest BCUT2D eigenvalue weighted by Gasteiger charge is -2.07. The van der Waals surface area contributed by atoms with Crippen molar-refractivity contribution in [2.45, 2.75) is 12.8 Å². The molecule has 0 saturated heterocycles. The van der Waals surface area contributed by atoms with Gasteiger partial charge >= 0.3 is 0 Å². The van der Waals surface area contributed by atoms with Crippen LogP contribution in [0, 0.1) is 0 Å². The summed E-state index contributed by atoms with van der Waals surface area (Å²) in [6, 6.07) is 8.08. The van der Waals surface area contributed by atoms with Crippen LogP contribution in [-0.4, -0.2) is 0 Å². The predicted octanol–water partition coefficient (Wildman–Crippen LogP) is 4.94. The van der Waals surface area contributed by atoms with Crippen LogP contribution in [-0.2, 0) is 0 Å². The maximum Gasteiger partial charge on any atom is 0.0406 e. The van der Waals surface area contributed by atoms with E-state index in [9.17, 15) is 0 Å². The first-order chi connectivity index (χ1) is 8.34. The van der Waals surface area contributed by atoms with E-state index >= 15 is 0 Å². The average Bonchev–Trinajstić information content (AvgIpc) is 3.00. The molecule has 0 atom stereocenters. The van der Waals surface area contributed by atoms with Crippen LogP contribution in [0.3, 0.4) is 0 Å². The minimum atomic E-state index is 0.790. The smallest absolute Gasteiger partial charge is 0.0406 e. The van der Waals surface area contributed by atoms with Crippen LogP contribution in [0.1, 0.15) is 18.4 Å². The van der Waals surface area contributed by atoms with Crippen LogP contribution in [0.2, 0.25) is 5.02 Å². The molecule has 17 heavy (non-hydrogen) atoms. The topological polar surface area (TPSA) is 0 Å². The Hall–Kier alpha value is -1.53. The highest BCUT2D eigenvalue weighted by Gasteiger charge is 2.14. The van der Waals surface area contributed by atoms with Crippen LogP contribution in [0.15, 0.2) is 65.8 Å². The molecule has 0 fully saturated rings. The van der Waals surface area contributed by atoms with Crippen LogP contribution < -0.4 is 0 Å². The molecule has 0 radical (unpaired) electrons. The van der Waals surface area contributed by atoms with E-state index in [0.29, 0.717) is 0 Å². The standard InChI is InChI=1S/C16H13Cl/c17-14-10-8-13(9-11-14)16-7-3-6-15(16)12-4-1-2-5-12/h1,3-5,7-11H,2,6H2. The molecule has 1 aromatic carbocycles. The number of hydrogen-bond donors (Lipinski definition) is 0. The van der Waals surface area contributed by atoms with E-state index in [1.165, 1.54) is 22.3 Å². The molecule has 0 unspecified atom stereocenters. The van der Waals surface area contributed by atoms with Gasteiger partial charge in [-0.15, -0.1) is 0 Å². The summed E-state index contributed by atoms with van der Waals surface area (Å²) in [5.41, 5.74) is 5.39. The lowest BCUT2D eigenvalue weighted by molar-refractivity contribution is 1.28. The molecule has 0 nitrogen and oxygen atoms in total. The Morgan fingerprint density at radius 2 is 1.76 bits per heavy atom. The molecule has 3 rings (SSSR count). The molecular weight excluding hydrogens is 228 g/mol. The van der Waals surface area contributed by atoms with Gasteiger partial charge in [0.2, 0.25) is 0 Å². The Morgan fingerprint density at radius 1 is 0.941 bits per heavy atom. The molecular formula is C16H13Cl. The normalized spacial score (nSPS) is 18.1. The summed E-state index contributed by atoms with van der Waals surface area (Å²) in [6.45, 7) is 0. The molecule has 0 saturated carbocycles. The van der Waals surface area contributed by atoms with Crippen molar-refractivity contribution in [2.75, 3.05) is 0 Å². The Bertz CT molecular complexity index is 554. The van der Waals surface area contributed by atoms with E-state index in [-0.39, 0.29) is 0 Å². The Labute approximate surface area is 107 Å². The average molecular weight is 241 g/mol. The predicted molar refractivity (Wildman–Crippen MR) is 74.0 cm³/mol. The van der Waals surface area contributed by atoms with Crippen LogP contribution in [0.4, 0.5) is 0 Å². The molecule has 0 aliphatic heterocycles. The van der Waals surface area contributed by atoms with Crippen molar-refractivity contribution in [1.82, 2.24) is 0 Å². The Balaban J connectivity index is 2.04. The van der Waals surface area contributed by atoms with E-state index in [1.54, 1.807) is 0 Å². The molecule has 0 amide bonds. The van der Waals surface area contributed by atoms with Crippen LogP contribution >= 0.6 is 11.6 Å². The van der Waals surface area contributed by atoms with Crippen molar-refractivity contribution in [2.24, 2.45) is 0 Å². The summed E-state index contributed by atoms with van der Waals surface area (Å²) >= 11 is 5.93.